The molecule has 430 valence electrons. The van der Waals surface area contributed by atoms with E-state index >= 15 is 0 Å². The summed E-state index contributed by atoms with van der Waals surface area (Å²) < 4.78 is 16.9. The maximum absolute atomic E-state index is 12.9. The van der Waals surface area contributed by atoms with Crippen LogP contribution in [-0.2, 0) is 28.6 Å². The lowest BCUT2D eigenvalue weighted by Crippen LogP contribution is -2.30. The van der Waals surface area contributed by atoms with E-state index in [4.69, 9.17) is 14.2 Å². The monoisotopic (exact) mass is 1030 g/mol. The first-order chi connectivity index (χ1) is 36.5. The highest BCUT2D eigenvalue weighted by molar-refractivity contribution is 5.71. The van der Waals surface area contributed by atoms with E-state index in [0.29, 0.717) is 19.3 Å². The van der Waals surface area contributed by atoms with E-state index in [1.807, 2.05) is 0 Å². The fourth-order valence-corrected chi connectivity index (χ4v) is 9.43. The predicted molar refractivity (Wildman–Crippen MR) is 321 cm³/mol. The third-order valence-corrected chi connectivity index (χ3v) is 14.3. The van der Waals surface area contributed by atoms with Crippen molar-refractivity contribution in [2.75, 3.05) is 13.2 Å². The summed E-state index contributed by atoms with van der Waals surface area (Å²) in [6.45, 7) is 6.55. The van der Waals surface area contributed by atoms with Crippen LogP contribution in [0.15, 0.2) is 60.8 Å². The van der Waals surface area contributed by atoms with Crippen molar-refractivity contribution >= 4 is 17.9 Å². The number of unbranched alkanes of at least 4 members (excludes halogenated alkanes) is 38. The fourth-order valence-electron chi connectivity index (χ4n) is 9.43. The highest BCUT2D eigenvalue weighted by Gasteiger charge is 2.19. The summed E-state index contributed by atoms with van der Waals surface area (Å²) in [4.78, 5) is 38.2. The molecule has 0 aromatic heterocycles. The van der Waals surface area contributed by atoms with Gasteiger partial charge in [0.15, 0.2) is 6.10 Å². The Morgan fingerprint density at radius 3 is 0.838 bits per heavy atom. The zero-order chi connectivity index (χ0) is 53.6. The first kappa shape index (κ1) is 71.1. The summed E-state index contributed by atoms with van der Waals surface area (Å²) in [6, 6.07) is 0. The van der Waals surface area contributed by atoms with Crippen LogP contribution in [-0.4, -0.2) is 37.2 Å². The van der Waals surface area contributed by atoms with Gasteiger partial charge in [-0.2, -0.15) is 0 Å². The molecule has 0 spiro atoms. The highest BCUT2D eigenvalue weighted by atomic mass is 16.6. The summed E-state index contributed by atoms with van der Waals surface area (Å²) >= 11 is 0. The average Bonchev–Trinajstić information content (AvgIpc) is 3.40. The molecule has 0 aliphatic carbocycles. The van der Waals surface area contributed by atoms with E-state index in [1.54, 1.807) is 0 Å². The molecule has 0 aromatic carbocycles. The van der Waals surface area contributed by atoms with E-state index in [2.05, 4.69) is 81.5 Å². The van der Waals surface area contributed by atoms with E-state index in [-0.39, 0.29) is 31.1 Å². The Morgan fingerprint density at radius 1 is 0.284 bits per heavy atom. The van der Waals surface area contributed by atoms with Gasteiger partial charge in [0.2, 0.25) is 0 Å². The molecule has 0 saturated carbocycles. The van der Waals surface area contributed by atoms with Crippen LogP contribution in [0.2, 0.25) is 0 Å². The van der Waals surface area contributed by atoms with Gasteiger partial charge in [0.05, 0.1) is 0 Å². The molecule has 0 fully saturated rings. The van der Waals surface area contributed by atoms with Gasteiger partial charge in [0.1, 0.15) is 13.2 Å². The highest BCUT2D eigenvalue weighted by Crippen LogP contribution is 2.17. The van der Waals surface area contributed by atoms with Crippen molar-refractivity contribution < 1.29 is 28.6 Å². The summed E-state index contributed by atoms with van der Waals surface area (Å²) in [6.07, 6.45) is 79.5. The van der Waals surface area contributed by atoms with Crippen LogP contribution in [0.1, 0.15) is 335 Å². The lowest BCUT2D eigenvalue weighted by molar-refractivity contribution is -0.167. The van der Waals surface area contributed by atoms with Gasteiger partial charge in [-0.1, -0.05) is 293 Å². The minimum absolute atomic E-state index is 0.0723. The number of hydrogen-bond donors (Lipinski definition) is 0. The summed E-state index contributed by atoms with van der Waals surface area (Å²) in [7, 11) is 0. The number of allylic oxidation sites excluding steroid dienone is 10. The van der Waals surface area contributed by atoms with E-state index in [9.17, 15) is 14.4 Å². The van der Waals surface area contributed by atoms with Crippen LogP contribution >= 0.6 is 0 Å². The van der Waals surface area contributed by atoms with Crippen LogP contribution in [0.3, 0.4) is 0 Å². The molecule has 0 radical (unpaired) electrons. The van der Waals surface area contributed by atoms with Gasteiger partial charge in [-0.3, -0.25) is 14.4 Å². The molecule has 6 heteroatoms. The molecule has 1 unspecified atom stereocenters. The Labute approximate surface area is 460 Å². The minimum atomic E-state index is -0.775. The molecule has 0 aliphatic rings. The standard InChI is InChI=1S/C68H122O6/c1-4-7-10-13-16-19-22-25-27-28-29-30-31-32-33-34-35-36-37-38-39-40-42-43-46-49-52-55-58-61-67(70)73-64-65(63-72-66(69)60-57-54-51-48-45-24-21-18-15-12-9-6-3)74-68(71)62-59-56-53-50-47-44-41-26-23-20-17-14-11-8-5-2/h7,10,16,19,25-27,29-30,41,65H,4-6,8-9,11-15,17-18,20-24,28,31-40,42-64H2,1-3H3/b10-7-,19-16-,27-25-,30-29-,41-26-. The Morgan fingerprint density at radius 2 is 0.527 bits per heavy atom. The van der Waals surface area contributed by atoms with Crippen LogP contribution in [0.5, 0.6) is 0 Å². The molecule has 74 heavy (non-hydrogen) atoms. The normalized spacial score (nSPS) is 12.4. The van der Waals surface area contributed by atoms with Gasteiger partial charge in [-0.15, -0.1) is 0 Å². The van der Waals surface area contributed by atoms with Crippen LogP contribution in [0, 0.1) is 0 Å². The molecular formula is C68H122O6. The quantitative estimate of drug-likeness (QED) is 0.0261. The molecule has 0 aliphatic heterocycles. The zero-order valence-electron chi connectivity index (χ0n) is 49.4. The topological polar surface area (TPSA) is 78.9 Å². The molecule has 0 heterocycles. The number of rotatable bonds is 59. The second kappa shape index (κ2) is 62.6. The maximum Gasteiger partial charge on any atom is 0.306 e. The minimum Gasteiger partial charge on any atom is -0.462 e. The molecular weight excluding hydrogens is 913 g/mol. The Kier molecular flexibility index (Phi) is 60.2. The molecule has 0 aromatic rings. The second-order valence-corrected chi connectivity index (χ2v) is 21.6. The lowest BCUT2D eigenvalue weighted by atomic mass is 10.0. The number of carbonyl (C=O) groups excluding carboxylic acids is 3. The summed E-state index contributed by atoms with van der Waals surface area (Å²) in [5.41, 5.74) is 0. The average molecular weight is 1040 g/mol. The molecule has 0 amide bonds. The molecule has 0 rings (SSSR count). The molecule has 0 bridgehead atoms. The summed E-state index contributed by atoms with van der Waals surface area (Å²) in [5.74, 6) is -0.862. The molecule has 0 N–H and O–H groups in total. The fraction of sp³-hybridized carbons (Fsp3) is 0.809. The van der Waals surface area contributed by atoms with Crippen molar-refractivity contribution in [1.29, 1.82) is 0 Å². The van der Waals surface area contributed by atoms with Gasteiger partial charge < -0.3 is 14.2 Å². The third-order valence-electron chi connectivity index (χ3n) is 14.3. The predicted octanol–water partition coefficient (Wildman–Crippen LogP) is 21.9. The Hall–Kier alpha value is -2.89. The number of hydrogen-bond acceptors (Lipinski definition) is 6. The van der Waals surface area contributed by atoms with E-state index in [0.717, 1.165) is 89.9 Å². The van der Waals surface area contributed by atoms with Crippen LogP contribution < -0.4 is 0 Å². The number of carbonyl (C=O) groups is 3. The SMILES string of the molecule is CC/C=C\C/C=C\C/C=C\C/C=C\CCCCCCCCCCCCCCCCCCC(=O)OCC(COC(=O)CCCCCCCCCCCCCC)OC(=O)CCCCCCC/C=C\CCCCCCCC. The molecule has 6 nitrogen and oxygen atoms in total. The molecule has 1 atom stereocenters. The molecule has 0 saturated heterocycles. The first-order valence-electron chi connectivity index (χ1n) is 32.3. The number of esters is 3. The van der Waals surface area contributed by atoms with Crippen molar-refractivity contribution in [2.45, 2.75) is 341 Å². The van der Waals surface area contributed by atoms with Gasteiger partial charge in [0.25, 0.3) is 0 Å². The Bertz CT molecular complexity index is 1330. The van der Waals surface area contributed by atoms with Gasteiger partial charge >= 0.3 is 17.9 Å². The van der Waals surface area contributed by atoms with Crippen molar-refractivity contribution in [3.8, 4) is 0 Å². The van der Waals surface area contributed by atoms with Crippen molar-refractivity contribution in [1.82, 2.24) is 0 Å². The van der Waals surface area contributed by atoms with Gasteiger partial charge in [-0.05, 0) is 83.5 Å². The van der Waals surface area contributed by atoms with Crippen LogP contribution in [0.25, 0.3) is 0 Å². The Balaban J connectivity index is 4.17. The summed E-state index contributed by atoms with van der Waals surface area (Å²) in [5, 5.41) is 0. The smallest absolute Gasteiger partial charge is 0.306 e. The third kappa shape index (κ3) is 60.0. The van der Waals surface area contributed by atoms with Crippen LogP contribution in [0.4, 0.5) is 0 Å². The maximum atomic E-state index is 12.9. The lowest BCUT2D eigenvalue weighted by Gasteiger charge is -2.18. The van der Waals surface area contributed by atoms with Crippen molar-refractivity contribution in [2.24, 2.45) is 0 Å². The zero-order valence-corrected chi connectivity index (χ0v) is 49.4. The van der Waals surface area contributed by atoms with E-state index in [1.165, 1.54) is 205 Å². The largest absolute Gasteiger partial charge is 0.462 e. The van der Waals surface area contributed by atoms with E-state index < -0.39 is 6.10 Å². The first-order valence-corrected chi connectivity index (χ1v) is 32.3. The van der Waals surface area contributed by atoms with Crippen molar-refractivity contribution in [3.05, 3.63) is 60.8 Å². The number of ether oxygens (including phenoxy) is 3. The van der Waals surface area contributed by atoms with Crippen molar-refractivity contribution in [3.63, 3.8) is 0 Å². The van der Waals surface area contributed by atoms with Gasteiger partial charge in [-0.25, -0.2) is 0 Å². The second-order valence-electron chi connectivity index (χ2n) is 21.6. The van der Waals surface area contributed by atoms with Gasteiger partial charge in [0, 0.05) is 19.3 Å².